The first-order valence-electron chi connectivity index (χ1n) is 7.16. The average Bonchev–Trinajstić information content (AvgIpc) is 2.44. The first-order valence-corrected chi connectivity index (χ1v) is 7.54. The van der Waals surface area contributed by atoms with Crippen molar-refractivity contribution in [2.24, 2.45) is 11.8 Å². The third-order valence-electron chi connectivity index (χ3n) is 3.63. The smallest absolute Gasteiger partial charge is 0.338 e. The van der Waals surface area contributed by atoms with Gasteiger partial charge in [-0.25, -0.2) is 4.79 Å². The number of halogens is 1. The minimum Gasteiger partial charge on any atom is -0.452 e. The highest BCUT2D eigenvalue weighted by Gasteiger charge is 2.25. The molecule has 2 rings (SSSR count). The summed E-state index contributed by atoms with van der Waals surface area (Å²) in [6.45, 7) is 5.54. The van der Waals surface area contributed by atoms with Crippen LogP contribution < -0.4 is 0 Å². The van der Waals surface area contributed by atoms with Crippen LogP contribution in [0.4, 0.5) is 0 Å². The van der Waals surface area contributed by atoms with Crippen molar-refractivity contribution in [3.8, 4) is 0 Å². The van der Waals surface area contributed by atoms with Crippen LogP contribution in [0.2, 0.25) is 5.02 Å². The van der Waals surface area contributed by atoms with Crippen molar-refractivity contribution in [1.29, 1.82) is 0 Å². The largest absolute Gasteiger partial charge is 0.452 e. The molecule has 0 spiro atoms. The summed E-state index contributed by atoms with van der Waals surface area (Å²) in [6.07, 6.45) is 1.13. The fourth-order valence-electron chi connectivity index (χ4n) is 2.75. The Bertz CT molecular complexity index is 505. The number of rotatable bonds is 3. The van der Waals surface area contributed by atoms with Crippen LogP contribution in [0.1, 0.15) is 30.6 Å². The van der Waals surface area contributed by atoms with E-state index < -0.39 is 5.97 Å². The van der Waals surface area contributed by atoms with E-state index in [-0.39, 0.29) is 12.5 Å². The van der Waals surface area contributed by atoms with Gasteiger partial charge < -0.3 is 9.64 Å². The van der Waals surface area contributed by atoms with E-state index in [9.17, 15) is 9.59 Å². The fourth-order valence-corrected chi connectivity index (χ4v) is 2.88. The molecule has 1 aromatic rings. The lowest BCUT2D eigenvalue weighted by Crippen LogP contribution is -2.44. The lowest BCUT2D eigenvalue weighted by atomic mass is 9.92. The van der Waals surface area contributed by atoms with Gasteiger partial charge in [-0.1, -0.05) is 25.4 Å². The molecule has 0 aliphatic carbocycles. The zero-order valence-corrected chi connectivity index (χ0v) is 13.1. The second-order valence-corrected chi connectivity index (χ2v) is 6.26. The third kappa shape index (κ3) is 4.46. The zero-order valence-electron chi connectivity index (χ0n) is 12.3. The van der Waals surface area contributed by atoms with Gasteiger partial charge in [0.25, 0.3) is 5.91 Å². The standard InChI is InChI=1S/C16H20ClNO3/c1-11-7-12(2)9-18(8-11)15(19)10-21-16(20)13-3-5-14(17)6-4-13/h3-6,11-12H,7-10H2,1-2H3/t11-,12-/m0/s1. The Morgan fingerprint density at radius 2 is 1.76 bits per heavy atom. The van der Waals surface area contributed by atoms with E-state index in [0.717, 1.165) is 19.5 Å². The number of piperidine rings is 1. The van der Waals surface area contributed by atoms with Gasteiger partial charge in [0.05, 0.1) is 5.56 Å². The number of ether oxygens (including phenoxy) is 1. The number of carbonyl (C=O) groups excluding carboxylic acids is 2. The number of amides is 1. The molecule has 1 saturated heterocycles. The number of hydrogen-bond acceptors (Lipinski definition) is 3. The lowest BCUT2D eigenvalue weighted by molar-refractivity contribution is -0.137. The molecule has 0 N–H and O–H groups in total. The van der Waals surface area contributed by atoms with Crippen LogP contribution in [0, 0.1) is 11.8 Å². The Labute approximate surface area is 130 Å². The van der Waals surface area contributed by atoms with Gasteiger partial charge in [0.2, 0.25) is 0 Å². The second-order valence-electron chi connectivity index (χ2n) is 5.83. The molecule has 1 aliphatic heterocycles. The van der Waals surface area contributed by atoms with Crippen LogP contribution >= 0.6 is 11.6 Å². The Hall–Kier alpha value is -1.55. The Morgan fingerprint density at radius 3 is 2.33 bits per heavy atom. The highest BCUT2D eigenvalue weighted by atomic mass is 35.5. The van der Waals surface area contributed by atoms with Crippen LogP contribution in [-0.2, 0) is 9.53 Å². The molecular weight excluding hydrogens is 290 g/mol. The predicted octanol–water partition coefficient (Wildman–Crippen LogP) is 3.00. The monoisotopic (exact) mass is 309 g/mol. The maximum Gasteiger partial charge on any atom is 0.338 e. The molecule has 0 saturated carbocycles. The zero-order chi connectivity index (χ0) is 15.4. The molecule has 0 bridgehead atoms. The summed E-state index contributed by atoms with van der Waals surface area (Å²) in [6, 6.07) is 6.41. The Balaban J connectivity index is 1.86. The van der Waals surface area contributed by atoms with Crippen molar-refractivity contribution in [2.45, 2.75) is 20.3 Å². The average molecular weight is 310 g/mol. The second kappa shape index (κ2) is 6.94. The summed E-state index contributed by atoms with van der Waals surface area (Å²) in [5.41, 5.74) is 0.396. The Morgan fingerprint density at radius 1 is 1.19 bits per heavy atom. The molecule has 0 unspecified atom stereocenters. The molecule has 4 nitrogen and oxygen atoms in total. The SMILES string of the molecule is C[C@H]1C[C@H](C)CN(C(=O)COC(=O)c2ccc(Cl)cc2)C1. The van der Waals surface area contributed by atoms with E-state index >= 15 is 0 Å². The molecule has 1 aliphatic rings. The van der Waals surface area contributed by atoms with Crippen LogP contribution in [0.25, 0.3) is 0 Å². The highest BCUT2D eigenvalue weighted by Crippen LogP contribution is 2.21. The molecule has 0 aromatic heterocycles. The first kappa shape index (κ1) is 15.8. The van der Waals surface area contributed by atoms with Crippen molar-refractivity contribution in [2.75, 3.05) is 19.7 Å². The molecule has 1 fully saturated rings. The normalized spacial score (nSPS) is 22.0. The third-order valence-corrected chi connectivity index (χ3v) is 3.88. The number of hydrogen-bond donors (Lipinski definition) is 0. The van der Waals surface area contributed by atoms with E-state index in [4.69, 9.17) is 16.3 Å². The van der Waals surface area contributed by atoms with E-state index in [0.29, 0.717) is 22.4 Å². The van der Waals surface area contributed by atoms with Gasteiger partial charge in [-0.05, 0) is 42.5 Å². The van der Waals surface area contributed by atoms with Crippen LogP contribution in [0.5, 0.6) is 0 Å². The molecule has 0 radical (unpaired) electrons. The van der Waals surface area contributed by atoms with E-state index in [2.05, 4.69) is 13.8 Å². The van der Waals surface area contributed by atoms with Crippen molar-refractivity contribution in [3.63, 3.8) is 0 Å². The van der Waals surface area contributed by atoms with Gasteiger partial charge in [0.1, 0.15) is 0 Å². The van der Waals surface area contributed by atoms with Gasteiger partial charge in [-0.3, -0.25) is 4.79 Å². The molecule has 114 valence electrons. The van der Waals surface area contributed by atoms with E-state index in [1.54, 1.807) is 29.2 Å². The number of nitrogens with zero attached hydrogens (tertiary/aromatic N) is 1. The van der Waals surface area contributed by atoms with E-state index in [1.165, 1.54) is 0 Å². The summed E-state index contributed by atoms with van der Waals surface area (Å²) in [4.78, 5) is 25.7. The van der Waals surface area contributed by atoms with Gasteiger partial charge in [-0.15, -0.1) is 0 Å². The van der Waals surface area contributed by atoms with Crippen molar-refractivity contribution in [1.82, 2.24) is 4.90 Å². The molecule has 1 aromatic carbocycles. The van der Waals surface area contributed by atoms with Crippen molar-refractivity contribution in [3.05, 3.63) is 34.9 Å². The Kier molecular flexibility index (Phi) is 5.23. The van der Waals surface area contributed by atoms with Crippen LogP contribution in [0.15, 0.2) is 24.3 Å². The highest BCUT2D eigenvalue weighted by molar-refractivity contribution is 6.30. The molecule has 2 atom stereocenters. The fraction of sp³-hybridized carbons (Fsp3) is 0.500. The van der Waals surface area contributed by atoms with Crippen LogP contribution in [0.3, 0.4) is 0 Å². The van der Waals surface area contributed by atoms with Gasteiger partial charge in [0, 0.05) is 18.1 Å². The predicted molar refractivity (Wildman–Crippen MR) is 81.3 cm³/mol. The summed E-state index contributed by atoms with van der Waals surface area (Å²) in [7, 11) is 0. The lowest BCUT2D eigenvalue weighted by Gasteiger charge is -2.34. The minimum absolute atomic E-state index is 0.129. The summed E-state index contributed by atoms with van der Waals surface area (Å²) in [5, 5.41) is 0.555. The maximum atomic E-state index is 12.1. The first-order chi connectivity index (χ1) is 9.95. The number of likely N-dealkylation sites (tertiary alicyclic amines) is 1. The van der Waals surface area contributed by atoms with Crippen molar-refractivity contribution < 1.29 is 14.3 Å². The molecule has 21 heavy (non-hydrogen) atoms. The van der Waals surface area contributed by atoms with E-state index in [1.807, 2.05) is 0 Å². The number of carbonyl (C=O) groups is 2. The molecule has 1 heterocycles. The van der Waals surface area contributed by atoms with Gasteiger partial charge in [-0.2, -0.15) is 0 Å². The summed E-state index contributed by atoms with van der Waals surface area (Å²) in [5.74, 6) is 0.350. The quantitative estimate of drug-likeness (QED) is 0.806. The minimum atomic E-state index is -0.502. The van der Waals surface area contributed by atoms with Crippen molar-refractivity contribution >= 4 is 23.5 Å². The summed E-state index contributed by atoms with van der Waals surface area (Å²) < 4.78 is 5.08. The van der Waals surface area contributed by atoms with Gasteiger partial charge >= 0.3 is 5.97 Å². The molecule has 5 heteroatoms. The number of benzene rings is 1. The number of esters is 1. The summed E-state index contributed by atoms with van der Waals surface area (Å²) >= 11 is 5.76. The van der Waals surface area contributed by atoms with Crippen LogP contribution in [-0.4, -0.2) is 36.5 Å². The van der Waals surface area contributed by atoms with Gasteiger partial charge in [0.15, 0.2) is 6.61 Å². The topological polar surface area (TPSA) is 46.6 Å². The molecular formula is C16H20ClNO3. The maximum absolute atomic E-state index is 12.1. The molecule has 1 amide bonds.